The molecule has 0 aliphatic carbocycles. The van der Waals surface area contributed by atoms with Crippen molar-refractivity contribution < 1.29 is 4.74 Å². The normalized spacial score (nSPS) is 19.6. The number of thiophene rings is 1. The highest BCUT2D eigenvalue weighted by Gasteiger charge is 2.32. The van der Waals surface area contributed by atoms with E-state index in [1.54, 1.807) is 23.1 Å². The number of hydrogen-bond acceptors (Lipinski definition) is 6. The van der Waals surface area contributed by atoms with E-state index >= 15 is 0 Å². The lowest BCUT2D eigenvalue weighted by Crippen LogP contribution is -2.33. The maximum absolute atomic E-state index is 6.33. The second-order valence-corrected chi connectivity index (χ2v) is 9.04. The minimum atomic E-state index is -0.122. The summed E-state index contributed by atoms with van der Waals surface area (Å²) in [6, 6.07) is 10.3. The van der Waals surface area contributed by atoms with Crippen molar-refractivity contribution in [3.05, 3.63) is 52.4 Å². The van der Waals surface area contributed by atoms with Crippen LogP contribution >= 0.6 is 23.1 Å². The van der Waals surface area contributed by atoms with Crippen LogP contribution in [0, 0.1) is 0 Å². The van der Waals surface area contributed by atoms with Gasteiger partial charge in [-0.2, -0.15) is 0 Å². The third-order valence-corrected chi connectivity index (χ3v) is 6.91. The fraction of sp³-hybridized carbons (Fsp3) is 0.333. The first-order valence-corrected chi connectivity index (χ1v) is 10.9. The van der Waals surface area contributed by atoms with Crippen molar-refractivity contribution in [3.8, 4) is 0 Å². The Bertz CT molecular complexity index is 984. The first kappa shape index (κ1) is 18.5. The second kappa shape index (κ2) is 7.62. The van der Waals surface area contributed by atoms with Crippen LogP contribution in [0.25, 0.3) is 16.3 Å². The maximum atomic E-state index is 6.33. The van der Waals surface area contributed by atoms with E-state index in [2.05, 4.69) is 43.1 Å². The molecule has 0 amide bonds. The van der Waals surface area contributed by atoms with Crippen molar-refractivity contribution in [3.63, 3.8) is 0 Å². The van der Waals surface area contributed by atoms with Crippen molar-refractivity contribution >= 4 is 45.2 Å². The highest BCUT2D eigenvalue weighted by molar-refractivity contribution is 7.99. The molecule has 4 rings (SSSR count). The van der Waals surface area contributed by atoms with Gasteiger partial charge in [0.1, 0.15) is 10.6 Å². The van der Waals surface area contributed by atoms with Crippen LogP contribution in [0.3, 0.4) is 0 Å². The monoisotopic (exact) mass is 397 g/mol. The highest BCUT2D eigenvalue weighted by atomic mass is 32.2. The largest absolute Gasteiger partial charge is 0.383 e. The van der Waals surface area contributed by atoms with Crippen molar-refractivity contribution in [1.29, 1.82) is 0 Å². The first-order valence-electron chi connectivity index (χ1n) is 9.14. The zero-order chi connectivity index (χ0) is 18.9. The lowest BCUT2D eigenvalue weighted by Gasteiger charge is -2.33. The van der Waals surface area contributed by atoms with Crippen LogP contribution in [0.1, 0.15) is 36.3 Å². The topological polar surface area (TPSA) is 61.0 Å². The molecule has 0 radical (unpaired) electrons. The lowest BCUT2D eigenvalue weighted by molar-refractivity contribution is -0.0542. The highest BCUT2D eigenvalue weighted by Crippen LogP contribution is 2.41. The second-order valence-electron chi connectivity index (χ2n) is 6.97. The van der Waals surface area contributed by atoms with E-state index in [-0.39, 0.29) is 5.60 Å². The summed E-state index contributed by atoms with van der Waals surface area (Å²) in [5.74, 6) is 1.40. The van der Waals surface area contributed by atoms with Crippen LogP contribution in [-0.4, -0.2) is 21.3 Å². The summed E-state index contributed by atoms with van der Waals surface area (Å²) in [7, 11) is 0. The summed E-state index contributed by atoms with van der Waals surface area (Å²) in [4.78, 5) is 11.5. The Balaban J connectivity index is 1.54. The molecule has 1 atom stereocenters. The summed E-state index contributed by atoms with van der Waals surface area (Å²) < 4.78 is 6.07. The standard InChI is InChI=1S/C21H23N3OS2/c1-3-21(2)12-15-16(13-25-21)27-19-17(15)18(22)23-20(24-19)26-11-7-10-14-8-5-4-6-9-14/h4-10H,3,11-13H2,1-2H3,(H2,22,23,24). The predicted octanol–water partition coefficient (Wildman–Crippen LogP) is 5.32. The Hall–Kier alpha value is -1.89. The molecule has 2 aromatic heterocycles. The first-order chi connectivity index (χ1) is 13.1. The number of anilines is 1. The third kappa shape index (κ3) is 3.88. The molecule has 1 aromatic carbocycles. The van der Waals surface area contributed by atoms with E-state index in [1.807, 2.05) is 18.2 Å². The van der Waals surface area contributed by atoms with Gasteiger partial charge in [-0.3, -0.25) is 0 Å². The molecule has 6 heteroatoms. The molecule has 2 N–H and O–H groups in total. The number of hydrogen-bond donors (Lipinski definition) is 1. The number of nitrogens with two attached hydrogens (primary N) is 1. The van der Waals surface area contributed by atoms with Crippen LogP contribution in [0.4, 0.5) is 5.82 Å². The number of ether oxygens (including phenoxy) is 1. The Kier molecular flexibility index (Phi) is 5.21. The molecule has 0 fully saturated rings. The molecule has 0 bridgehead atoms. The van der Waals surface area contributed by atoms with Gasteiger partial charge in [-0.1, -0.05) is 61.2 Å². The molecule has 1 aliphatic rings. The van der Waals surface area contributed by atoms with Gasteiger partial charge in [0, 0.05) is 17.1 Å². The van der Waals surface area contributed by atoms with E-state index in [0.717, 1.165) is 34.0 Å². The summed E-state index contributed by atoms with van der Waals surface area (Å²) in [6.45, 7) is 4.97. The quantitative estimate of drug-likeness (QED) is 0.466. The van der Waals surface area contributed by atoms with E-state index in [0.29, 0.717) is 12.4 Å². The van der Waals surface area contributed by atoms with Crippen LogP contribution in [0.5, 0.6) is 0 Å². The summed E-state index contributed by atoms with van der Waals surface area (Å²) in [6.07, 6.45) is 6.09. The third-order valence-electron chi connectivity index (χ3n) is 5.01. The molecule has 4 nitrogen and oxygen atoms in total. The van der Waals surface area contributed by atoms with Crippen molar-refractivity contribution in [2.75, 3.05) is 11.5 Å². The van der Waals surface area contributed by atoms with E-state index in [9.17, 15) is 0 Å². The van der Waals surface area contributed by atoms with Gasteiger partial charge in [-0.15, -0.1) is 11.3 Å². The Morgan fingerprint density at radius 2 is 2.11 bits per heavy atom. The van der Waals surface area contributed by atoms with Crippen molar-refractivity contribution in [2.24, 2.45) is 0 Å². The molecule has 1 unspecified atom stereocenters. The SMILES string of the molecule is CCC1(C)Cc2c(sc3nc(SCC=Cc4ccccc4)nc(N)c23)CO1. The number of thioether (sulfide) groups is 1. The van der Waals surface area contributed by atoms with Gasteiger partial charge in [0.05, 0.1) is 17.6 Å². The molecule has 27 heavy (non-hydrogen) atoms. The molecule has 0 spiro atoms. The maximum Gasteiger partial charge on any atom is 0.191 e. The number of nitrogens with zero attached hydrogens (tertiary/aromatic N) is 2. The van der Waals surface area contributed by atoms with Crippen LogP contribution < -0.4 is 5.73 Å². The summed E-state index contributed by atoms with van der Waals surface area (Å²) in [5, 5.41) is 1.76. The van der Waals surface area contributed by atoms with E-state index in [4.69, 9.17) is 15.5 Å². The van der Waals surface area contributed by atoms with Crippen molar-refractivity contribution in [2.45, 2.75) is 44.1 Å². The summed E-state index contributed by atoms with van der Waals surface area (Å²) in [5.41, 5.74) is 8.69. The van der Waals surface area contributed by atoms with Crippen molar-refractivity contribution in [1.82, 2.24) is 9.97 Å². The number of aromatic nitrogens is 2. The molecule has 1 aliphatic heterocycles. The Morgan fingerprint density at radius 3 is 2.89 bits per heavy atom. The lowest BCUT2D eigenvalue weighted by atomic mass is 9.90. The van der Waals surface area contributed by atoms with Gasteiger partial charge in [0.25, 0.3) is 0 Å². The van der Waals surface area contributed by atoms with Crippen LogP contribution in [-0.2, 0) is 17.8 Å². The summed E-state index contributed by atoms with van der Waals surface area (Å²) >= 11 is 3.29. The van der Waals surface area contributed by atoms with Gasteiger partial charge in [0.15, 0.2) is 5.16 Å². The minimum absolute atomic E-state index is 0.122. The fourth-order valence-corrected chi connectivity index (χ4v) is 5.07. The van der Waals surface area contributed by atoms with E-state index in [1.165, 1.54) is 16.0 Å². The zero-order valence-corrected chi connectivity index (χ0v) is 17.2. The van der Waals surface area contributed by atoms with E-state index < -0.39 is 0 Å². The van der Waals surface area contributed by atoms with Crippen LogP contribution in [0.2, 0.25) is 0 Å². The zero-order valence-electron chi connectivity index (χ0n) is 15.6. The smallest absolute Gasteiger partial charge is 0.191 e. The number of fused-ring (bicyclic) bond motifs is 3. The fourth-order valence-electron chi connectivity index (χ4n) is 3.24. The molecule has 140 valence electrons. The number of rotatable bonds is 5. The average molecular weight is 398 g/mol. The Morgan fingerprint density at radius 1 is 1.30 bits per heavy atom. The molecule has 0 saturated heterocycles. The van der Waals surface area contributed by atoms with Gasteiger partial charge in [0.2, 0.25) is 0 Å². The van der Waals surface area contributed by atoms with Gasteiger partial charge in [-0.25, -0.2) is 9.97 Å². The minimum Gasteiger partial charge on any atom is -0.383 e. The van der Waals surface area contributed by atoms with Gasteiger partial charge in [-0.05, 0) is 24.5 Å². The van der Waals surface area contributed by atoms with Gasteiger partial charge >= 0.3 is 0 Å². The van der Waals surface area contributed by atoms with Crippen LogP contribution in [0.15, 0.2) is 41.6 Å². The van der Waals surface area contributed by atoms with Gasteiger partial charge < -0.3 is 10.5 Å². The average Bonchev–Trinajstić information content (AvgIpc) is 3.04. The molecule has 3 aromatic rings. The number of benzene rings is 1. The Labute approximate surface area is 167 Å². The molecular weight excluding hydrogens is 374 g/mol. The molecular formula is C21H23N3OS2. The molecule has 3 heterocycles. The number of nitrogen functional groups attached to an aromatic ring is 1. The molecule has 0 saturated carbocycles. The predicted molar refractivity (Wildman–Crippen MR) is 115 cm³/mol.